The van der Waals surface area contributed by atoms with Crippen LogP contribution in [-0.2, 0) is 11.2 Å². The molecule has 0 aliphatic heterocycles. The Morgan fingerprint density at radius 1 is 1.26 bits per heavy atom. The highest BCUT2D eigenvalue weighted by Gasteiger charge is 2.12. The molecule has 19 heavy (non-hydrogen) atoms. The summed E-state index contributed by atoms with van der Waals surface area (Å²) in [5, 5.41) is 9.25. The number of rotatable bonds is 3. The Morgan fingerprint density at radius 3 is 2.63 bits per heavy atom. The molecule has 0 unspecified atom stereocenters. The van der Waals surface area contributed by atoms with Crippen LogP contribution in [0.4, 0.5) is 4.39 Å². The molecule has 0 saturated carbocycles. The highest BCUT2D eigenvalue weighted by Crippen LogP contribution is 2.32. The van der Waals surface area contributed by atoms with E-state index in [-0.39, 0.29) is 10.6 Å². The van der Waals surface area contributed by atoms with Crippen LogP contribution >= 0.6 is 23.2 Å². The van der Waals surface area contributed by atoms with Crippen molar-refractivity contribution in [2.24, 2.45) is 0 Å². The molecule has 0 radical (unpaired) electrons. The number of carboxylic acid groups (broad SMARTS) is 1. The summed E-state index contributed by atoms with van der Waals surface area (Å²) < 4.78 is 13.7. The molecule has 1 heterocycles. The Balaban J connectivity index is 2.44. The third-order valence-electron chi connectivity index (χ3n) is 2.50. The molecule has 0 spiro atoms. The molecule has 1 N–H and O–H groups in total. The maximum absolute atomic E-state index is 13.7. The van der Waals surface area contributed by atoms with Crippen LogP contribution in [0, 0.1) is 5.95 Å². The average Bonchev–Trinajstić information content (AvgIpc) is 2.35. The lowest BCUT2D eigenvalue weighted by atomic mass is 10.1. The van der Waals surface area contributed by atoms with Crippen LogP contribution in [0.2, 0.25) is 10.0 Å². The van der Waals surface area contributed by atoms with E-state index in [1.165, 1.54) is 12.1 Å². The first kappa shape index (κ1) is 13.8. The summed E-state index contributed by atoms with van der Waals surface area (Å²) in [5.74, 6) is -1.94. The summed E-state index contributed by atoms with van der Waals surface area (Å²) in [6.45, 7) is 0. The fraction of sp³-hybridized carbons (Fsp3) is 0.0769. The topological polar surface area (TPSA) is 50.2 Å². The van der Waals surface area contributed by atoms with Gasteiger partial charge in [-0.1, -0.05) is 41.4 Å². The van der Waals surface area contributed by atoms with Gasteiger partial charge in [0.2, 0.25) is 5.95 Å². The SMILES string of the molecule is O=C(O)Cc1ccc(-c2cccc(Cl)c2Cl)nc1F. The number of benzene rings is 1. The summed E-state index contributed by atoms with van der Waals surface area (Å²) >= 11 is 11.9. The molecular weight excluding hydrogens is 292 g/mol. The molecule has 0 atom stereocenters. The number of aliphatic carboxylic acids is 1. The zero-order chi connectivity index (χ0) is 14.0. The van der Waals surface area contributed by atoms with Gasteiger partial charge in [0.05, 0.1) is 22.2 Å². The van der Waals surface area contributed by atoms with Crippen LogP contribution in [0.15, 0.2) is 30.3 Å². The van der Waals surface area contributed by atoms with Crippen LogP contribution in [0.5, 0.6) is 0 Å². The van der Waals surface area contributed by atoms with Gasteiger partial charge in [0, 0.05) is 11.1 Å². The first-order chi connectivity index (χ1) is 8.99. The molecule has 2 rings (SSSR count). The first-order valence-electron chi connectivity index (χ1n) is 5.30. The third kappa shape index (κ3) is 3.03. The Bertz CT molecular complexity index is 647. The Kier molecular flexibility index (Phi) is 4.02. The van der Waals surface area contributed by atoms with E-state index < -0.39 is 18.3 Å². The van der Waals surface area contributed by atoms with Crippen molar-refractivity contribution in [3.63, 3.8) is 0 Å². The molecule has 0 amide bonds. The summed E-state index contributed by atoms with van der Waals surface area (Å²) in [5.41, 5.74) is 0.823. The first-order valence-corrected chi connectivity index (χ1v) is 6.06. The van der Waals surface area contributed by atoms with Crippen molar-refractivity contribution in [3.8, 4) is 11.3 Å². The van der Waals surface area contributed by atoms with E-state index in [4.69, 9.17) is 28.3 Å². The third-order valence-corrected chi connectivity index (χ3v) is 3.31. The van der Waals surface area contributed by atoms with Crippen molar-refractivity contribution in [1.82, 2.24) is 4.98 Å². The number of hydrogen-bond acceptors (Lipinski definition) is 2. The normalized spacial score (nSPS) is 10.5. The van der Waals surface area contributed by atoms with Gasteiger partial charge in [-0.2, -0.15) is 4.39 Å². The second-order valence-corrected chi connectivity index (χ2v) is 4.60. The van der Waals surface area contributed by atoms with Gasteiger partial charge in [-0.25, -0.2) is 4.98 Å². The Morgan fingerprint density at radius 2 is 2.00 bits per heavy atom. The molecule has 0 aliphatic carbocycles. The maximum atomic E-state index is 13.7. The van der Waals surface area contributed by atoms with Gasteiger partial charge in [0.25, 0.3) is 0 Å². The molecule has 2 aromatic rings. The lowest BCUT2D eigenvalue weighted by Crippen LogP contribution is -2.04. The predicted octanol–water partition coefficient (Wildman–Crippen LogP) is 3.82. The van der Waals surface area contributed by atoms with Crippen LogP contribution < -0.4 is 0 Å². The molecule has 0 bridgehead atoms. The molecular formula is C13H8Cl2FNO2. The maximum Gasteiger partial charge on any atom is 0.307 e. The summed E-state index contributed by atoms with van der Waals surface area (Å²) in [6.07, 6.45) is -0.414. The zero-order valence-electron chi connectivity index (χ0n) is 9.53. The van der Waals surface area contributed by atoms with Gasteiger partial charge in [-0.05, 0) is 12.1 Å². The number of aromatic nitrogens is 1. The second-order valence-electron chi connectivity index (χ2n) is 3.82. The van der Waals surface area contributed by atoms with Crippen LogP contribution in [-0.4, -0.2) is 16.1 Å². The Labute approximate surface area is 118 Å². The lowest BCUT2D eigenvalue weighted by molar-refractivity contribution is -0.136. The zero-order valence-corrected chi connectivity index (χ0v) is 11.0. The largest absolute Gasteiger partial charge is 0.481 e. The number of carbonyl (C=O) groups is 1. The van der Waals surface area contributed by atoms with Crippen molar-refractivity contribution < 1.29 is 14.3 Å². The molecule has 0 saturated heterocycles. The molecule has 0 aliphatic rings. The van der Waals surface area contributed by atoms with Crippen LogP contribution in [0.1, 0.15) is 5.56 Å². The smallest absolute Gasteiger partial charge is 0.307 e. The number of carboxylic acids is 1. The quantitative estimate of drug-likeness (QED) is 0.877. The predicted molar refractivity (Wildman–Crippen MR) is 71.0 cm³/mol. The van der Waals surface area contributed by atoms with E-state index in [0.717, 1.165) is 0 Å². The number of hydrogen-bond donors (Lipinski definition) is 1. The minimum atomic E-state index is -1.12. The van der Waals surface area contributed by atoms with Crippen LogP contribution in [0.3, 0.4) is 0 Å². The molecule has 1 aromatic carbocycles. The second kappa shape index (κ2) is 5.55. The van der Waals surface area contributed by atoms with Gasteiger partial charge in [0.15, 0.2) is 0 Å². The summed E-state index contributed by atoms with van der Waals surface area (Å²) in [7, 11) is 0. The fourth-order valence-electron chi connectivity index (χ4n) is 1.61. The van der Waals surface area contributed by atoms with Gasteiger partial charge in [-0.15, -0.1) is 0 Å². The van der Waals surface area contributed by atoms with E-state index in [1.807, 2.05) is 0 Å². The molecule has 98 valence electrons. The number of nitrogens with zero attached hydrogens (tertiary/aromatic N) is 1. The minimum absolute atomic E-state index is 0.0226. The highest BCUT2D eigenvalue weighted by molar-refractivity contribution is 6.43. The standard InChI is InChI=1S/C13H8Cl2FNO2/c14-9-3-1-2-8(12(9)15)10-5-4-7(6-11(18)19)13(16)17-10/h1-5H,6H2,(H,18,19). The van der Waals surface area contributed by atoms with Crippen molar-refractivity contribution in [2.45, 2.75) is 6.42 Å². The van der Waals surface area contributed by atoms with Gasteiger partial charge < -0.3 is 5.11 Å². The number of halogens is 3. The summed E-state index contributed by atoms with van der Waals surface area (Å²) in [6, 6.07) is 7.84. The Hall–Kier alpha value is -1.65. The van der Waals surface area contributed by atoms with E-state index in [9.17, 15) is 9.18 Å². The van der Waals surface area contributed by atoms with Gasteiger partial charge >= 0.3 is 5.97 Å². The van der Waals surface area contributed by atoms with Gasteiger partial charge in [0.1, 0.15) is 0 Å². The minimum Gasteiger partial charge on any atom is -0.481 e. The molecule has 3 nitrogen and oxygen atoms in total. The van der Waals surface area contributed by atoms with E-state index in [1.54, 1.807) is 18.2 Å². The van der Waals surface area contributed by atoms with Crippen molar-refractivity contribution in [1.29, 1.82) is 0 Å². The molecule has 6 heteroatoms. The summed E-state index contributed by atoms with van der Waals surface area (Å²) in [4.78, 5) is 14.3. The van der Waals surface area contributed by atoms with Gasteiger partial charge in [-0.3, -0.25) is 4.79 Å². The lowest BCUT2D eigenvalue weighted by Gasteiger charge is -2.07. The monoisotopic (exact) mass is 299 g/mol. The molecule has 1 aromatic heterocycles. The van der Waals surface area contributed by atoms with Crippen molar-refractivity contribution in [2.75, 3.05) is 0 Å². The van der Waals surface area contributed by atoms with Crippen LogP contribution in [0.25, 0.3) is 11.3 Å². The fourth-order valence-corrected chi connectivity index (χ4v) is 2.01. The average molecular weight is 300 g/mol. The number of pyridine rings is 1. The van der Waals surface area contributed by atoms with E-state index >= 15 is 0 Å². The highest BCUT2D eigenvalue weighted by atomic mass is 35.5. The molecule has 0 fully saturated rings. The van der Waals surface area contributed by atoms with E-state index in [2.05, 4.69) is 4.98 Å². The van der Waals surface area contributed by atoms with E-state index in [0.29, 0.717) is 16.3 Å². The van der Waals surface area contributed by atoms with Crippen molar-refractivity contribution >= 4 is 29.2 Å². The van der Waals surface area contributed by atoms with Crippen molar-refractivity contribution in [3.05, 3.63) is 51.9 Å².